The molecule has 0 saturated carbocycles. The number of rotatable bonds is 4. The van der Waals surface area contributed by atoms with Gasteiger partial charge in [0.1, 0.15) is 75.7 Å². The molecule has 6 nitrogen and oxygen atoms in total. The van der Waals surface area contributed by atoms with Crippen LogP contribution in [0, 0.1) is 68.6 Å². The summed E-state index contributed by atoms with van der Waals surface area (Å²) < 4.78 is 148. The van der Waals surface area contributed by atoms with Gasteiger partial charge in [0.25, 0.3) is 0 Å². The number of hydrogen-bond acceptors (Lipinski definition) is 6. The SMILES string of the molecule is N#CC(C#N)=C1c2cc(OC(F)(F)F)c(-c3cc(F)c(C#N)c(F)c3)cc2-c2cc(-c3cc(F)c(C#N)c(F)c3)c(OC(F)(F)F)cc21. The Kier molecular flexibility index (Phi) is 8.00. The minimum Gasteiger partial charge on any atom is -0.405 e. The lowest BCUT2D eigenvalue weighted by molar-refractivity contribution is -0.275. The van der Waals surface area contributed by atoms with Crippen LogP contribution >= 0.6 is 0 Å². The fourth-order valence-corrected chi connectivity index (χ4v) is 5.11. The molecule has 1 aliphatic rings. The molecule has 5 rings (SSSR count). The average Bonchev–Trinajstić information content (AvgIpc) is 3.27. The molecule has 0 spiro atoms. The highest BCUT2D eigenvalue weighted by Gasteiger charge is 2.38. The van der Waals surface area contributed by atoms with Crippen LogP contribution in [-0.4, -0.2) is 12.7 Å². The molecule has 0 heterocycles. The summed E-state index contributed by atoms with van der Waals surface area (Å²) in [6.45, 7) is 0. The van der Waals surface area contributed by atoms with Crippen LogP contribution in [0.1, 0.15) is 22.3 Å². The first-order valence-electron chi connectivity index (χ1n) is 12.7. The number of fused-ring (bicyclic) bond motifs is 3. The molecule has 4 aromatic carbocycles. The minimum absolute atomic E-state index is 0.230. The summed E-state index contributed by atoms with van der Waals surface area (Å²) in [5.41, 5.74) is -7.21. The van der Waals surface area contributed by atoms with Gasteiger partial charge in [-0.3, -0.25) is 0 Å². The molecule has 0 N–H and O–H groups in total. The van der Waals surface area contributed by atoms with Gasteiger partial charge in [-0.25, -0.2) is 17.6 Å². The Bertz CT molecular complexity index is 2060. The van der Waals surface area contributed by atoms with Gasteiger partial charge in [-0.05, 0) is 81.9 Å². The van der Waals surface area contributed by atoms with Gasteiger partial charge in [-0.2, -0.15) is 21.0 Å². The second-order valence-electron chi connectivity index (χ2n) is 9.71. The zero-order valence-corrected chi connectivity index (χ0v) is 23.0. The number of halogens is 10. The van der Waals surface area contributed by atoms with Crippen LogP contribution in [0.2, 0.25) is 0 Å². The van der Waals surface area contributed by atoms with Gasteiger partial charge in [0.15, 0.2) is 0 Å². The number of nitrogens with zero attached hydrogens (tertiary/aromatic N) is 4. The van der Waals surface area contributed by atoms with E-state index < -0.39 is 103 Å². The lowest BCUT2D eigenvalue weighted by Gasteiger charge is -2.17. The number of hydrogen-bond donors (Lipinski definition) is 0. The summed E-state index contributed by atoms with van der Waals surface area (Å²) in [7, 11) is 0. The zero-order chi connectivity index (χ0) is 35.3. The van der Waals surface area contributed by atoms with Gasteiger partial charge in [0, 0.05) is 16.7 Å². The molecule has 0 aromatic heterocycles. The van der Waals surface area contributed by atoms with Crippen LogP contribution in [0.5, 0.6) is 11.5 Å². The third kappa shape index (κ3) is 5.91. The van der Waals surface area contributed by atoms with Gasteiger partial charge < -0.3 is 9.47 Å². The van der Waals surface area contributed by atoms with Crippen LogP contribution in [0.15, 0.2) is 54.1 Å². The van der Waals surface area contributed by atoms with Crippen molar-refractivity contribution in [2.45, 2.75) is 12.7 Å². The predicted octanol–water partition coefficient (Wildman–Crippen LogP) is 8.95. The molecular formula is C32H8F10N4O2. The number of allylic oxidation sites excluding steroid dienone is 1. The van der Waals surface area contributed by atoms with Gasteiger partial charge in [0.05, 0.1) is 0 Å². The van der Waals surface area contributed by atoms with Crippen LogP contribution in [0.4, 0.5) is 43.9 Å². The second kappa shape index (κ2) is 11.7. The highest BCUT2D eigenvalue weighted by atomic mass is 19.4. The van der Waals surface area contributed by atoms with E-state index >= 15 is 0 Å². The Morgan fingerprint density at radius 3 is 1.08 bits per heavy atom. The third-order valence-electron chi connectivity index (χ3n) is 6.92. The van der Waals surface area contributed by atoms with Crippen LogP contribution < -0.4 is 9.47 Å². The van der Waals surface area contributed by atoms with Crippen LogP contribution in [-0.2, 0) is 0 Å². The number of ether oxygens (including phenoxy) is 2. The Hall–Kier alpha value is -6.52. The maximum absolute atomic E-state index is 14.6. The molecule has 4 aromatic rings. The van der Waals surface area contributed by atoms with Gasteiger partial charge >= 0.3 is 12.7 Å². The summed E-state index contributed by atoms with van der Waals surface area (Å²) >= 11 is 0. The largest absolute Gasteiger partial charge is 0.573 e. The fraction of sp³-hybridized carbons (Fsp3) is 0.0625. The van der Waals surface area contributed by atoms with Gasteiger partial charge in [-0.1, -0.05) is 0 Å². The molecule has 0 unspecified atom stereocenters. The van der Waals surface area contributed by atoms with Crippen molar-refractivity contribution in [3.63, 3.8) is 0 Å². The lowest BCUT2D eigenvalue weighted by atomic mass is 9.94. The topological polar surface area (TPSA) is 114 Å². The highest BCUT2D eigenvalue weighted by Crippen LogP contribution is 2.53. The first kappa shape index (κ1) is 32.9. The number of nitriles is 4. The van der Waals surface area contributed by atoms with E-state index in [9.17, 15) is 54.4 Å². The molecule has 16 heteroatoms. The quantitative estimate of drug-likeness (QED) is 0.139. The Balaban J connectivity index is 1.92. The number of alkyl halides is 6. The molecule has 0 atom stereocenters. The molecule has 0 fully saturated rings. The Morgan fingerprint density at radius 2 is 0.812 bits per heavy atom. The average molecular weight is 670 g/mol. The monoisotopic (exact) mass is 670 g/mol. The highest BCUT2D eigenvalue weighted by molar-refractivity contribution is 6.07. The molecule has 0 amide bonds. The molecule has 238 valence electrons. The van der Waals surface area contributed by atoms with Crippen molar-refractivity contribution in [2.24, 2.45) is 0 Å². The summed E-state index contributed by atoms with van der Waals surface area (Å²) in [5.74, 6) is -8.14. The standard InChI is InChI=1S/C32H8F10N4O2/c33-24-1-13(2-25(34)22(24)11-45)16-5-18-19-6-17(14-3-26(35)23(12-46)27(36)4-14)29(48-32(40,41)42)8-21(19)30(15(9-43)10-44)20(18)7-28(16)47-31(37,38)39/h1-8H. The fourth-order valence-electron chi connectivity index (χ4n) is 5.11. The van der Waals surface area contributed by atoms with Crippen molar-refractivity contribution in [1.82, 2.24) is 0 Å². The van der Waals surface area contributed by atoms with Crippen molar-refractivity contribution in [3.05, 3.63) is 99.6 Å². The van der Waals surface area contributed by atoms with Crippen molar-refractivity contribution < 1.29 is 53.4 Å². The third-order valence-corrected chi connectivity index (χ3v) is 6.92. The second-order valence-corrected chi connectivity index (χ2v) is 9.71. The molecule has 0 aliphatic heterocycles. The Morgan fingerprint density at radius 1 is 0.479 bits per heavy atom. The van der Waals surface area contributed by atoms with E-state index in [1.165, 1.54) is 24.3 Å². The summed E-state index contributed by atoms with van der Waals surface area (Å²) in [4.78, 5) is 0. The normalized spacial score (nSPS) is 11.8. The Labute approximate surface area is 261 Å². The predicted molar refractivity (Wildman–Crippen MR) is 143 cm³/mol. The maximum atomic E-state index is 14.6. The molecule has 0 saturated heterocycles. The van der Waals surface area contributed by atoms with Gasteiger partial charge in [0.2, 0.25) is 0 Å². The first-order valence-corrected chi connectivity index (χ1v) is 12.7. The summed E-state index contributed by atoms with van der Waals surface area (Å²) in [5, 5.41) is 37.3. The zero-order valence-electron chi connectivity index (χ0n) is 23.0. The molecule has 1 aliphatic carbocycles. The van der Waals surface area contributed by atoms with E-state index in [1.807, 2.05) is 0 Å². The van der Waals surface area contributed by atoms with E-state index in [0.717, 1.165) is 12.1 Å². The molecular weight excluding hydrogens is 662 g/mol. The van der Waals surface area contributed by atoms with E-state index in [4.69, 9.17) is 10.5 Å². The summed E-state index contributed by atoms with van der Waals surface area (Å²) in [6.07, 6.45) is -10.9. The van der Waals surface area contributed by atoms with Crippen LogP contribution in [0.25, 0.3) is 39.0 Å². The van der Waals surface area contributed by atoms with Crippen molar-refractivity contribution in [3.8, 4) is 69.2 Å². The van der Waals surface area contributed by atoms with E-state index in [0.29, 0.717) is 36.4 Å². The molecule has 0 radical (unpaired) electrons. The van der Waals surface area contributed by atoms with E-state index in [-0.39, 0.29) is 11.1 Å². The van der Waals surface area contributed by atoms with Gasteiger partial charge in [-0.15, -0.1) is 26.3 Å². The van der Waals surface area contributed by atoms with Crippen LogP contribution in [0.3, 0.4) is 0 Å². The van der Waals surface area contributed by atoms with Crippen molar-refractivity contribution in [1.29, 1.82) is 21.0 Å². The number of benzene rings is 4. The summed E-state index contributed by atoms with van der Waals surface area (Å²) in [6, 6.07) is 10.5. The smallest absolute Gasteiger partial charge is 0.405 e. The van der Waals surface area contributed by atoms with E-state index in [2.05, 4.69) is 9.47 Å². The van der Waals surface area contributed by atoms with Crippen molar-refractivity contribution >= 4 is 5.57 Å². The molecule has 48 heavy (non-hydrogen) atoms. The first-order chi connectivity index (χ1) is 22.5. The minimum atomic E-state index is -5.43. The lowest BCUT2D eigenvalue weighted by Crippen LogP contribution is -2.18. The molecule has 0 bridgehead atoms. The maximum Gasteiger partial charge on any atom is 0.573 e. The van der Waals surface area contributed by atoms with E-state index in [1.54, 1.807) is 0 Å². The van der Waals surface area contributed by atoms with Crippen molar-refractivity contribution in [2.75, 3.05) is 0 Å².